The Hall–Kier alpha value is -1.86. The summed E-state index contributed by atoms with van der Waals surface area (Å²) >= 11 is 1.28. The van der Waals surface area contributed by atoms with Gasteiger partial charge in [-0.05, 0) is 35.9 Å². The van der Waals surface area contributed by atoms with Gasteiger partial charge in [0, 0.05) is 10.6 Å². The Morgan fingerprint density at radius 2 is 1.89 bits per heavy atom. The highest BCUT2D eigenvalue weighted by atomic mass is 32.2. The zero-order valence-electron chi connectivity index (χ0n) is 9.36. The second kappa shape index (κ2) is 5.65. The third kappa shape index (κ3) is 3.08. The van der Waals surface area contributed by atoms with Crippen LogP contribution in [0.2, 0.25) is 0 Å². The Kier molecular flexibility index (Phi) is 3.96. The van der Waals surface area contributed by atoms with Crippen molar-refractivity contribution < 1.29 is 8.78 Å². The molecule has 0 fully saturated rings. The van der Waals surface area contributed by atoms with Gasteiger partial charge in [0.05, 0.1) is 11.6 Å². The highest BCUT2D eigenvalue weighted by Gasteiger charge is 2.04. The van der Waals surface area contributed by atoms with Gasteiger partial charge in [-0.15, -0.1) is 11.8 Å². The van der Waals surface area contributed by atoms with Crippen LogP contribution in [0.4, 0.5) is 8.78 Å². The first-order valence-corrected chi connectivity index (χ1v) is 6.24. The minimum atomic E-state index is -0.446. The summed E-state index contributed by atoms with van der Waals surface area (Å²) in [6, 6.07) is 12.5. The van der Waals surface area contributed by atoms with Gasteiger partial charge in [0.2, 0.25) is 0 Å². The lowest BCUT2D eigenvalue weighted by atomic mass is 10.1. The van der Waals surface area contributed by atoms with Crippen LogP contribution in [0.5, 0.6) is 0 Å². The molecule has 0 heterocycles. The summed E-state index contributed by atoms with van der Waals surface area (Å²) in [5, 5.41) is 8.73. The topological polar surface area (TPSA) is 23.8 Å². The smallest absolute Gasteiger partial charge is 0.136 e. The van der Waals surface area contributed by atoms with Gasteiger partial charge in [-0.2, -0.15) is 5.26 Å². The van der Waals surface area contributed by atoms with Gasteiger partial charge >= 0.3 is 0 Å². The summed E-state index contributed by atoms with van der Waals surface area (Å²) < 4.78 is 26.6. The van der Waals surface area contributed by atoms with Crippen LogP contribution in [0.25, 0.3) is 0 Å². The number of nitriles is 1. The summed E-state index contributed by atoms with van der Waals surface area (Å²) in [5.74, 6) is -0.314. The fourth-order valence-electron chi connectivity index (χ4n) is 1.52. The number of rotatable bonds is 3. The Labute approximate surface area is 108 Å². The monoisotopic (exact) mass is 261 g/mol. The van der Waals surface area contributed by atoms with Gasteiger partial charge in [-0.25, -0.2) is 8.78 Å². The predicted molar refractivity (Wildman–Crippen MR) is 67.1 cm³/mol. The van der Waals surface area contributed by atoms with Crippen LogP contribution in [0, 0.1) is 23.0 Å². The molecule has 0 aromatic heterocycles. The fraction of sp³-hybridized carbons (Fsp3) is 0.0714. The average molecular weight is 261 g/mol. The van der Waals surface area contributed by atoms with Gasteiger partial charge in [0.25, 0.3) is 0 Å². The van der Waals surface area contributed by atoms with Crippen molar-refractivity contribution in [2.24, 2.45) is 0 Å². The van der Waals surface area contributed by atoms with Crippen LogP contribution in [0.3, 0.4) is 0 Å². The average Bonchev–Trinajstić information content (AvgIpc) is 2.37. The van der Waals surface area contributed by atoms with Gasteiger partial charge in [-0.3, -0.25) is 0 Å². The van der Waals surface area contributed by atoms with E-state index in [1.807, 2.05) is 6.07 Å². The normalized spacial score (nSPS) is 10.1. The molecule has 0 spiro atoms. The molecule has 1 nitrogen and oxygen atoms in total. The molecule has 0 saturated heterocycles. The zero-order valence-corrected chi connectivity index (χ0v) is 10.2. The van der Waals surface area contributed by atoms with E-state index in [4.69, 9.17) is 5.26 Å². The lowest BCUT2D eigenvalue weighted by Crippen LogP contribution is -1.87. The second-order valence-corrected chi connectivity index (χ2v) is 4.70. The van der Waals surface area contributed by atoms with Crippen molar-refractivity contribution in [2.75, 3.05) is 0 Å². The van der Waals surface area contributed by atoms with E-state index in [-0.39, 0.29) is 11.4 Å². The van der Waals surface area contributed by atoms with E-state index in [1.165, 1.54) is 30.0 Å². The summed E-state index contributed by atoms with van der Waals surface area (Å²) in [5.41, 5.74) is 0.943. The molecule has 0 saturated carbocycles. The van der Waals surface area contributed by atoms with Gasteiger partial charge in [0.1, 0.15) is 11.6 Å². The molecule has 18 heavy (non-hydrogen) atoms. The largest absolute Gasteiger partial charge is 0.207 e. The van der Waals surface area contributed by atoms with Gasteiger partial charge in [-0.1, -0.05) is 12.1 Å². The Balaban J connectivity index is 2.14. The molecule has 2 aromatic rings. The molecule has 0 amide bonds. The van der Waals surface area contributed by atoms with Crippen molar-refractivity contribution in [3.05, 3.63) is 65.2 Å². The fourth-order valence-corrected chi connectivity index (χ4v) is 2.39. The van der Waals surface area contributed by atoms with Crippen LogP contribution in [-0.2, 0) is 5.75 Å². The first-order chi connectivity index (χ1) is 8.69. The molecule has 0 unspecified atom stereocenters. The maximum Gasteiger partial charge on any atom is 0.136 e. The van der Waals surface area contributed by atoms with Crippen molar-refractivity contribution in [1.82, 2.24) is 0 Å². The van der Waals surface area contributed by atoms with Crippen molar-refractivity contribution in [2.45, 2.75) is 10.6 Å². The summed E-state index contributed by atoms with van der Waals surface area (Å²) in [4.78, 5) is 0.514. The minimum absolute atomic E-state index is 0.277. The van der Waals surface area contributed by atoms with E-state index in [0.29, 0.717) is 16.2 Å². The molecule has 0 aliphatic rings. The Bertz CT molecular complexity index is 605. The quantitative estimate of drug-likeness (QED) is 0.776. The lowest BCUT2D eigenvalue weighted by Gasteiger charge is -2.04. The van der Waals surface area contributed by atoms with Crippen molar-refractivity contribution in [1.29, 1.82) is 5.26 Å². The number of hydrogen-bond acceptors (Lipinski definition) is 2. The molecule has 0 atom stereocenters. The summed E-state index contributed by atoms with van der Waals surface area (Å²) in [6.07, 6.45) is 0. The van der Waals surface area contributed by atoms with Crippen LogP contribution in [0.15, 0.2) is 47.4 Å². The zero-order chi connectivity index (χ0) is 13.0. The van der Waals surface area contributed by atoms with Crippen LogP contribution >= 0.6 is 11.8 Å². The second-order valence-electron chi connectivity index (χ2n) is 3.68. The molecule has 0 radical (unpaired) electrons. The molecule has 2 aromatic carbocycles. The third-order valence-corrected chi connectivity index (χ3v) is 3.44. The molecule has 90 valence electrons. The summed E-state index contributed by atoms with van der Waals surface area (Å²) in [6.45, 7) is 0. The summed E-state index contributed by atoms with van der Waals surface area (Å²) in [7, 11) is 0. The van der Waals surface area contributed by atoms with E-state index < -0.39 is 5.82 Å². The minimum Gasteiger partial charge on any atom is -0.207 e. The SMILES string of the molecule is N#Cc1cc(F)cc(CSc2ccccc2F)c1. The Morgan fingerprint density at radius 1 is 1.11 bits per heavy atom. The maximum absolute atomic E-state index is 13.4. The highest BCUT2D eigenvalue weighted by Crippen LogP contribution is 2.25. The van der Waals surface area contributed by atoms with Crippen LogP contribution < -0.4 is 0 Å². The number of benzene rings is 2. The first kappa shape index (κ1) is 12.6. The number of nitrogens with zero attached hydrogens (tertiary/aromatic N) is 1. The van der Waals surface area contributed by atoms with Gasteiger partial charge < -0.3 is 0 Å². The van der Waals surface area contributed by atoms with E-state index in [2.05, 4.69) is 0 Å². The van der Waals surface area contributed by atoms with Crippen molar-refractivity contribution in [3.8, 4) is 6.07 Å². The van der Waals surface area contributed by atoms with E-state index in [0.717, 1.165) is 0 Å². The van der Waals surface area contributed by atoms with E-state index >= 15 is 0 Å². The maximum atomic E-state index is 13.4. The molecule has 2 rings (SSSR count). The molecule has 0 aliphatic carbocycles. The molecule has 0 N–H and O–H groups in total. The van der Waals surface area contributed by atoms with E-state index in [9.17, 15) is 8.78 Å². The number of halogens is 2. The predicted octanol–water partition coefficient (Wildman–Crippen LogP) is 4.13. The van der Waals surface area contributed by atoms with Crippen molar-refractivity contribution >= 4 is 11.8 Å². The lowest BCUT2D eigenvalue weighted by molar-refractivity contribution is 0.602. The number of thioether (sulfide) groups is 1. The number of hydrogen-bond donors (Lipinski definition) is 0. The third-order valence-electron chi connectivity index (χ3n) is 2.32. The Morgan fingerprint density at radius 3 is 2.61 bits per heavy atom. The molecular formula is C14H9F2NS. The van der Waals surface area contributed by atoms with Crippen LogP contribution in [0.1, 0.15) is 11.1 Å². The van der Waals surface area contributed by atoms with E-state index in [1.54, 1.807) is 24.3 Å². The molecule has 4 heteroatoms. The molecule has 0 aliphatic heterocycles. The molecular weight excluding hydrogens is 252 g/mol. The van der Waals surface area contributed by atoms with Crippen LogP contribution in [-0.4, -0.2) is 0 Å². The molecule has 0 bridgehead atoms. The van der Waals surface area contributed by atoms with Crippen molar-refractivity contribution in [3.63, 3.8) is 0 Å². The first-order valence-electron chi connectivity index (χ1n) is 5.26. The highest BCUT2D eigenvalue weighted by molar-refractivity contribution is 7.98. The van der Waals surface area contributed by atoms with Gasteiger partial charge in [0.15, 0.2) is 0 Å². The standard InChI is InChI=1S/C14H9F2NS/c15-12-6-10(8-17)5-11(7-12)9-18-14-4-2-1-3-13(14)16/h1-7H,9H2.